The average Bonchev–Trinajstić information content (AvgIpc) is 2.46. The standard InChI is InChI=1S/C17H25NO2/c1-13-7-3-4-8-14(13)11-12-17(20)18(2)15-9-5-6-10-16(15)19/h3-4,7-8,15-16,19H,5-6,9-12H2,1-2H3. The van der Waals surface area contributed by atoms with Crippen LogP contribution in [0.15, 0.2) is 24.3 Å². The fourth-order valence-electron chi connectivity index (χ4n) is 3.04. The monoisotopic (exact) mass is 275 g/mol. The molecule has 3 nitrogen and oxygen atoms in total. The van der Waals surface area contributed by atoms with Crippen LogP contribution in [0.4, 0.5) is 0 Å². The Morgan fingerprint density at radius 2 is 2.00 bits per heavy atom. The van der Waals surface area contributed by atoms with E-state index in [0.29, 0.717) is 6.42 Å². The molecule has 2 atom stereocenters. The fourth-order valence-corrected chi connectivity index (χ4v) is 3.04. The van der Waals surface area contributed by atoms with Crippen molar-refractivity contribution < 1.29 is 9.90 Å². The number of aliphatic hydroxyl groups is 1. The Bertz CT molecular complexity index is 458. The SMILES string of the molecule is Cc1ccccc1CCC(=O)N(C)C1CCCCC1O. The molecule has 1 aliphatic rings. The lowest BCUT2D eigenvalue weighted by Crippen LogP contribution is -2.46. The first-order chi connectivity index (χ1) is 9.59. The molecule has 0 saturated heterocycles. The van der Waals surface area contributed by atoms with Gasteiger partial charge in [0.05, 0.1) is 12.1 Å². The molecule has 110 valence electrons. The topological polar surface area (TPSA) is 40.5 Å². The minimum atomic E-state index is -0.351. The molecular formula is C17H25NO2. The molecule has 0 spiro atoms. The third-order valence-electron chi connectivity index (χ3n) is 4.45. The summed E-state index contributed by atoms with van der Waals surface area (Å²) in [6, 6.07) is 8.20. The summed E-state index contributed by atoms with van der Waals surface area (Å²) in [7, 11) is 1.83. The van der Waals surface area contributed by atoms with Gasteiger partial charge < -0.3 is 10.0 Å². The van der Waals surface area contributed by atoms with Crippen LogP contribution in [0.3, 0.4) is 0 Å². The van der Waals surface area contributed by atoms with Crippen LogP contribution in [0.2, 0.25) is 0 Å². The molecule has 0 aliphatic heterocycles. The van der Waals surface area contributed by atoms with Crippen LogP contribution in [0.5, 0.6) is 0 Å². The summed E-state index contributed by atoms with van der Waals surface area (Å²) in [5.74, 6) is 0.138. The Hall–Kier alpha value is -1.35. The average molecular weight is 275 g/mol. The van der Waals surface area contributed by atoms with E-state index >= 15 is 0 Å². The molecule has 1 saturated carbocycles. The molecule has 0 aromatic heterocycles. The van der Waals surface area contributed by atoms with Gasteiger partial charge in [0.15, 0.2) is 0 Å². The Labute approximate surface area is 121 Å². The highest BCUT2D eigenvalue weighted by atomic mass is 16.3. The van der Waals surface area contributed by atoms with E-state index in [-0.39, 0.29) is 18.1 Å². The lowest BCUT2D eigenvalue weighted by atomic mass is 9.91. The van der Waals surface area contributed by atoms with Crippen LogP contribution < -0.4 is 0 Å². The van der Waals surface area contributed by atoms with E-state index in [4.69, 9.17) is 0 Å². The van der Waals surface area contributed by atoms with Crippen LogP contribution >= 0.6 is 0 Å². The number of aliphatic hydroxyl groups excluding tert-OH is 1. The van der Waals surface area contributed by atoms with E-state index in [1.54, 1.807) is 4.90 Å². The second-order valence-corrected chi connectivity index (χ2v) is 5.85. The van der Waals surface area contributed by atoms with Gasteiger partial charge in [0, 0.05) is 13.5 Å². The summed E-state index contributed by atoms with van der Waals surface area (Å²) < 4.78 is 0. The molecule has 2 unspecified atom stereocenters. The zero-order chi connectivity index (χ0) is 14.5. The maximum absolute atomic E-state index is 12.3. The first-order valence-electron chi connectivity index (χ1n) is 7.58. The Morgan fingerprint density at radius 3 is 2.70 bits per heavy atom. The minimum Gasteiger partial charge on any atom is -0.391 e. The van der Waals surface area contributed by atoms with E-state index < -0.39 is 0 Å². The zero-order valence-electron chi connectivity index (χ0n) is 12.5. The summed E-state index contributed by atoms with van der Waals surface area (Å²) >= 11 is 0. The quantitative estimate of drug-likeness (QED) is 0.918. The van der Waals surface area contributed by atoms with Gasteiger partial charge in [-0.3, -0.25) is 4.79 Å². The van der Waals surface area contributed by atoms with Crippen LogP contribution in [-0.2, 0) is 11.2 Å². The lowest BCUT2D eigenvalue weighted by Gasteiger charge is -2.35. The van der Waals surface area contributed by atoms with Crippen molar-refractivity contribution in [1.82, 2.24) is 4.90 Å². The van der Waals surface area contributed by atoms with Crippen LogP contribution in [0.25, 0.3) is 0 Å². The number of hydrogen-bond donors (Lipinski definition) is 1. The number of carbonyl (C=O) groups is 1. The maximum atomic E-state index is 12.3. The van der Waals surface area contributed by atoms with E-state index in [0.717, 1.165) is 32.1 Å². The van der Waals surface area contributed by atoms with Crippen molar-refractivity contribution in [2.75, 3.05) is 7.05 Å². The summed E-state index contributed by atoms with van der Waals surface area (Å²) in [4.78, 5) is 14.1. The minimum absolute atomic E-state index is 0.00752. The molecule has 1 aromatic carbocycles. The normalized spacial score (nSPS) is 22.6. The maximum Gasteiger partial charge on any atom is 0.222 e. The smallest absolute Gasteiger partial charge is 0.222 e. The van der Waals surface area contributed by atoms with Crippen molar-refractivity contribution in [3.05, 3.63) is 35.4 Å². The molecule has 0 radical (unpaired) electrons. The zero-order valence-corrected chi connectivity index (χ0v) is 12.5. The van der Waals surface area contributed by atoms with E-state index in [9.17, 15) is 9.90 Å². The van der Waals surface area contributed by atoms with Gasteiger partial charge in [0.1, 0.15) is 0 Å². The Morgan fingerprint density at radius 1 is 1.30 bits per heavy atom. The van der Waals surface area contributed by atoms with Crippen molar-refractivity contribution in [3.63, 3.8) is 0 Å². The van der Waals surface area contributed by atoms with Crippen molar-refractivity contribution in [2.45, 2.75) is 57.6 Å². The first kappa shape index (κ1) is 15.0. The van der Waals surface area contributed by atoms with Gasteiger partial charge in [-0.2, -0.15) is 0 Å². The molecule has 1 fully saturated rings. The third kappa shape index (κ3) is 3.60. The van der Waals surface area contributed by atoms with E-state index in [2.05, 4.69) is 19.1 Å². The highest BCUT2D eigenvalue weighted by Crippen LogP contribution is 2.23. The van der Waals surface area contributed by atoms with Crippen molar-refractivity contribution in [2.24, 2.45) is 0 Å². The number of rotatable bonds is 4. The molecular weight excluding hydrogens is 250 g/mol. The van der Waals surface area contributed by atoms with E-state index in [1.165, 1.54) is 11.1 Å². The molecule has 1 aliphatic carbocycles. The lowest BCUT2D eigenvalue weighted by molar-refractivity contribution is -0.135. The second kappa shape index (κ2) is 6.89. The van der Waals surface area contributed by atoms with Gasteiger partial charge in [0.25, 0.3) is 0 Å². The largest absolute Gasteiger partial charge is 0.391 e. The fraction of sp³-hybridized carbons (Fsp3) is 0.588. The summed E-state index contributed by atoms with van der Waals surface area (Å²) in [6.45, 7) is 2.08. The Balaban J connectivity index is 1.89. The summed E-state index contributed by atoms with van der Waals surface area (Å²) in [5.41, 5.74) is 2.47. The van der Waals surface area contributed by atoms with Gasteiger partial charge in [-0.05, 0) is 37.3 Å². The number of aryl methyl sites for hydroxylation is 2. The molecule has 1 amide bonds. The first-order valence-corrected chi connectivity index (χ1v) is 7.58. The molecule has 2 rings (SSSR count). The summed E-state index contributed by atoms with van der Waals surface area (Å²) in [6.07, 6.45) is 4.87. The van der Waals surface area contributed by atoms with E-state index in [1.807, 2.05) is 19.2 Å². The van der Waals surface area contributed by atoms with Crippen LogP contribution in [-0.4, -0.2) is 35.1 Å². The highest BCUT2D eigenvalue weighted by Gasteiger charge is 2.28. The molecule has 1 N–H and O–H groups in total. The number of amides is 1. The van der Waals surface area contributed by atoms with Crippen molar-refractivity contribution in [3.8, 4) is 0 Å². The Kier molecular flexibility index (Phi) is 5.18. The molecule has 1 aromatic rings. The van der Waals surface area contributed by atoms with Gasteiger partial charge in [-0.25, -0.2) is 0 Å². The summed E-state index contributed by atoms with van der Waals surface area (Å²) in [5, 5.41) is 10.0. The predicted molar refractivity (Wildman–Crippen MR) is 80.5 cm³/mol. The molecule has 0 bridgehead atoms. The van der Waals surface area contributed by atoms with Crippen molar-refractivity contribution >= 4 is 5.91 Å². The second-order valence-electron chi connectivity index (χ2n) is 5.85. The highest BCUT2D eigenvalue weighted by molar-refractivity contribution is 5.76. The predicted octanol–water partition coefficient (Wildman–Crippen LogP) is 2.69. The van der Waals surface area contributed by atoms with Crippen LogP contribution in [0, 0.1) is 6.92 Å². The van der Waals surface area contributed by atoms with Crippen LogP contribution in [0.1, 0.15) is 43.2 Å². The number of nitrogens with zero attached hydrogens (tertiary/aromatic N) is 1. The van der Waals surface area contributed by atoms with Crippen molar-refractivity contribution in [1.29, 1.82) is 0 Å². The molecule has 0 heterocycles. The molecule has 3 heteroatoms. The van der Waals surface area contributed by atoms with Gasteiger partial charge >= 0.3 is 0 Å². The van der Waals surface area contributed by atoms with Gasteiger partial charge in [-0.1, -0.05) is 37.1 Å². The van der Waals surface area contributed by atoms with Gasteiger partial charge in [-0.15, -0.1) is 0 Å². The number of carbonyl (C=O) groups excluding carboxylic acids is 1. The number of hydrogen-bond acceptors (Lipinski definition) is 2. The number of likely N-dealkylation sites (N-methyl/N-ethyl adjacent to an activating group) is 1. The van der Waals surface area contributed by atoms with Gasteiger partial charge in [0.2, 0.25) is 5.91 Å². The molecule has 20 heavy (non-hydrogen) atoms. The number of benzene rings is 1. The third-order valence-corrected chi connectivity index (χ3v) is 4.45.